The highest BCUT2D eigenvalue weighted by atomic mass is 16.5. The molecule has 2 aromatic heterocycles. The molecule has 1 atom stereocenters. The molecule has 9 heteroatoms. The Morgan fingerprint density at radius 3 is 2.94 bits per heavy atom. The molecule has 0 bridgehead atoms. The van der Waals surface area contributed by atoms with E-state index in [4.69, 9.17) is 9.15 Å². The van der Waals surface area contributed by atoms with Crippen molar-refractivity contribution >= 4 is 5.91 Å². The van der Waals surface area contributed by atoms with Crippen LogP contribution in [0.3, 0.4) is 0 Å². The number of carbonyl (C=O) groups is 1. The van der Waals surface area contributed by atoms with Gasteiger partial charge in [0.1, 0.15) is 24.4 Å². The fourth-order valence-electron chi connectivity index (χ4n) is 5.11. The van der Waals surface area contributed by atoms with E-state index in [-0.39, 0.29) is 12.5 Å². The minimum Gasteiger partial charge on any atom is -0.486 e. The van der Waals surface area contributed by atoms with Gasteiger partial charge < -0.3 is 19.6 Å². The molecule has 190 valence electrons. The third-order valence-corrected chi connectivity index (χ3v) is 7.03. The molecule has 3 aromatic rings. The number of amides is 1. The van der Waals surface area contributed by atoms with E-state index in [0.29, 0.717) is 30.5 Å². The zero-order valence-electron chi connectivity index (χ0n) is 20.4. The number of aliphatic hydroxyl groups excluding tert-OH is 1. The summed E-state index contributed by atoms with van der Waals surface area (Å²) in [5.41, 5.74) is 3.75. The van der Waals surface area contributed by atoms with Crippen LogP contribution >= 0.6 is 0 Å². The maximum Gasteiger partial charge on any atom is 0.270 e. The van der Waals surface area contributed by atoms with Crippen molar-refractivity contribution in [2.75, 3.05) is 19.6 Å². The van der Waals surface area contributed by atoms with Crippen LogP contribution in [0.25, 0.3) is 0 Å². The third kappa shape index (κ3) is 6.47. The largest absolute Gasteiger partial charge is 0.486 e. The number of β-amino-alcohol motifs (C(OH)–C–C–N with tert-alkyl or cyclic N) is 1. The van der Waals surface area contributed by atoms with Gasteiger partial charge in [-0.05, 0) is 48.1 Å². The summed E-state index contributed by atoms with van der Waals surface area (Å²) >= 11 is 0. The predicted octanol–water partition coefficient (Wildman–Crippen LogP) is 2.93. The molecule has 1 aliphatic carbocycles. The highest BCUT2D eigenvalue weighted by Gasteiger charge is 2.21. The topological polar surface area (TPSA) is 114 Å². The lowest BCUT2D eigenvalue weighted by molar-refractivity contribution is 0.0837. The van der Waals surface area contributed by atoms with Gasteiger partial charge in [-0.3, -0.25) is 9.69 Å². The van der Waals surface area contributed by atoms with Gasteiger partial charge in [0.05, 0.1) is 12.3 Å². The van der Waals surface area contributed by atoms with Crippen LogP contribution in [0.1, 0.15) is 58.8 Å². The number of benzene rings is 1. The molecule has 36 heavy (non-hydrogen) atoms. The summed E-state index contributed by atoms with van der Waals surface area (Å²) < 4.78 is 11.0. The summed E-state index contributed by atoms with van der Waals surface area (Å²) in [6, 6.07) is 7.88. The quantitative estimate of drug-likeness (QED) is 0.445. The first kappa shape index (κ1) is 24.4. The molecule has 1 amide bonds. The van der Waals surface area contributed by atoms with Crippen LogP contribution in [0, 0.1) is 5.92 Å². The lowest BCUT2D eigenvalue weighted by Crippen LogP contribution is -2.42. The van der Waals surface area contributed by atoms with Gasteiger partial charge >= 0.3 is 0 Å². The summed E-state index contributed by atoms with van der Waals surface area (Å²) in [5, 5.41) is 13.4. The van der Waals surface area contributed by atoms with Gasteiger partial charge in [-0.15, -0.1) is 0 Å². The predicted molar refractivity (Wildman–Crippen MR) is 132 cm³/mol. The van der Waals surface area contributed by atoms with E-state index in [1.807, 2.05) is 6.07 Å². The minimum atomic E-state index is -0.667. The lowest BCUT2D eigenvalue weighted by Gasteiger charge is -2.30. The fourth-order valence-corrected chi connectivity index (χ4v) is 5.11. The number of aromatic nitrogens is 3. The first-order valence-corrected chi connectivity index (χ1v) is 12.7. The Hall–Kier alpha value is -3.30. The molecule has 0 radical (unpaired) electrons. The van der Waals surface area contributed by atoms with Crippen molar-refractivity contribution in [3.05, 3.63) is 71.5 Å². The highest BCUT2D eigenvalue weighted by Crippen LogP contribution is 2.27. The SMILES string of the molecule is O=C(NC[C@H](O)CN1CCc2cc(OCc3cnco3)ccc2C1)c1cc(CC2CCCC2)ncn1. The van der Waals surface area contributed by atoms with Gasteiger partial charge in [0.2, 0.25) is 0 Å². The normalized spacial score (nSPS) is 17.0. The number of aliphatic hydroxyl groups is 1. The highest BCUT2D eigenvalue weighted by molar-refractivity contribution is 5.92. The molecule has 1 aromatic carbocycles. The van der Waals surface area contributed by atoms with Crippen LogP contribution in [0.4, 0.5) is 0 Å². The molecule has 1 fully saturated rings. The second-order valence-electron chi connectivity index (χ2n) is 9.79. The number of nitrogens with zero attached hydrogens (tertiary/aromatic N) is 4. The van der Waals surface area contributed by atoms with Crippen molar-refractivity contribution in [3.8, 4) is 5.75 Å². The number of oxazole rings is 1. The average molecular weight is 492 g/mol. The fraction of sp³-hybridized carbons (Fsp3) is 0.481. The Morgan fingerprint density at radius 1 is 1.22 bits per heavy atom. The number of fused-ring (bicyclic) bond motifs is 1. The van der Waals surface area contributed by atoms with E-state index < -0.39 is 6.10 Å². The molecule has 0 unspecified atom stereocenters. The molecule has 5 rings (SSSR count). The Kier molecular flexibility index (Phi) is 7.88. The lowest BCUT2D eigenvalue weighted by atomic mass is 9.99. The van der Waals surface area contributed by atoms with Crippen LogP contribution in [-0.2, 0) is 26.0 Å². The van der Waals surface area contributed by atoms with Gasteiger partial charge in [0.25, 0.3) is 5.91 Å². The third-order valence-electron chi connectivity index (χ3n) is 7.03. The summed E-state index contributed by atoms with van der Waals surface area (Å²) in [6.45, 7) is 2.59. The first-order chi connectivity index (χ1) is 17.6. The Morgan fingerprint density at radius 2 is 2.11 bits per heavy atom. The summed E-state index contributed by atoms with van der Waals surface area (Å²) in [5.74, 6) is 1.87. The van der Waals surface area contributed by atoms with E-state index in [0.717, 1.165) is 37.4 Å². The molecule has 0 spiro atoms. The smallest absolute Gasteiger partial charge is 0.270 e. The molecule has 2 aliphatic rings. The molecule has 9 nitrogen and oxygen atoms in total. The van der Waals surface area contributed by atoms with Gasteiger partial charge in [-0.2, -0.15) is 0 Å². The van der Waals surface area contributed by atoms with Gasteiger partial charge in [0.15, 0.2) is 12.2 Å². The Balaban J connectivity index is 1.07. The molecule has 1 aliphatic heterocycles. The van der Waals surface area contributed by atoms with Crippen molar-refractivity contribution in [1.29, 1.82) is 0 Å². The van der Waals surface area contributed by atoms with Crippen LogP contribution in [0.15, 0.2) is 47.6 Å². The Bertz CT molecular complexity index is 1150. The molecule has 3 heterocycles. The molecular weight excluding hydrogens is 458 g/mol. The maximum absolute atomic E-state index is 12.6. The van der Waals surface area contributed by atoms with Crippen molar-refractivity contribution in [1.82, 2.24) is 25.2 Å². The number of rotatable bonds is 10. The summed E-state index contributed by atoms with van der Waals surface area (Å²) in [6.07, 6.45) is 10.6. The molecule has 0 saturated heterocycles. The van der Waals surface area contributed by atoms with Crippen LogP contribution in [-0.4, -0.2) is 56.6 Å². The average Bonchev–Trinajstić information content (AvgIpc) is 3.61. The zero-order chi connectivity index (χ0) is 24.7. The van der Waals surface area contributed by atoms with Crippen molar-refractivity contribution in [2.45, 2.75) is 57.8 Å². The second-order valence-corrected chi connectivity index (χ2v) is 9.79. The van der Waals surface area contributed by atoms with E-state index >= 15 is 0 Å². The van der Waals surface area contributed by atoms with Crippen molar-refractivity contribution in [2.24, 2.45) is 5.92 Å². The number of hydrogen-bond acceptors (Lipinski definition) is 8. The van der Waals surface area contributed by atoms with Gasteiger partial charge in [0, 0.05) is 31.9 Å². The monoisotopic (exact) mass is 491 g/mol. The summed E-state index contributed by atoms with van der Waals surface area (Å²) in [7, 11) is 0. The van der Waals surface area contributed by atoms with E-state index in [2.05, 4.69) is 37.3 Å². The second kappa shape index (κ2) is 11.6. The Labute approximate surface area is 210 Å². The van der Waals surface area contributed by atoms with Gasteiger partial charge in [-0.1, -0.05) is 31.7 Å². The standard InChI is InChI=1S/C27H33N5O4/c33-23(12-29-27(34)26-11-22(30-17-31-26)9-19-3-1-2-4-19)15-32-8-7-20-10-24(6-5-21(20)14-32)35-16-25-13-28-18-36-25/h5-6,10-11,13,17-19,23,33H,1-4,7-9,12,14-16H2,(H,29,34)/t23-/m0/s1. The van der Waals surface area contributed by atoms with Gasteiger partial charge in [-0.25, -0.2) is 15.0 Å². The molecule has 2 N–H and O–H groups in total. The van der Waals surface area contributed by atoms with E-state index in [1.54, 1.807) is 12.3 Å². The number of ether oxygens (including phenoxy) is 1. The number of nitrogens with one attached hydrogen (secondary N) is 1. The van der Waals surface area contributed by atoms with Crippen LogP contribution in [0.2, 0.25) is 0 Å². The van der Waals surface area contributed by atoms with E-state index in [1.165, 1.54) is 49.5 Å². The molecule has 1 saturated carbocycles. The number of hydrogen-bond donors (Lipinski definition) is 2. The first-order valence-electron chi connectivity index (χ1n) is 12.7. The molecular formula is C27H33N5O4. The van der Waals surface area contributed by atoms with Crippen LogP contribution in [0.5, 0.6) is 5.75 Å². The summed E-state index contributed by atoms with van der Waals surface area (Å²) in [4.78, 5) is 27.2. The minimum absolute atomic E-state index is 0.179. The van der Waals surface area contributed by atoms with E-state index in [9.17, 15) is 9.90 Å². The van der Waals surface area contributed by atoms with Crippen molar-refractivity contribution < 1.29 is 19.1 Å². The number of carbonyl (C=O) groups excluding carboxylic acids is 1. The van der Waals surface area contributed by atoms with Crippen LogP contribution < -0.4 is 10.1 Å². The maximum atomic E-state index is 12.6. The zero-order valence-corrected chi connectivity index (χ0v) is 20.4. The van der Waals surface area contributed by atoms with Crippen molar-refractivity contribution in [3.63, 3.8) is 0 Å².